The molecule has 0 heterocycles. The summed E-state index contributed by atoms with van der Waals surface area (Å²) in [6.07, 6.45) is 0. The molecule has 11 heavy (non-hydrogen) atoms. The van der Waals surface area contributed by atoms with Gasteiger partial charge in [0.05, 0.1) is 5.56 Å². The largest absolute Gasteiger partial charge is 0.478 e. The molecule has 0 saturated heterocycles. The van der Waals surface area contributed by atoms with E-state index in [1.165, 1.54) is 12.1 Å². The molecule has 56 valence electrons. The molecule has 0 aromatic heterocycles. The van der Waals surface area contributed by atoms with E-state index in [1.807, 2.05) is 0 Å². The van der Waals surface area contributed by atoms with Gasteiger partial charge in [-0.25, -0.2) is 9.18 Å². The van der Waals surface area contributed by atoms with Gasteiger partial charge in [0.2, 0.25) is 0 Å². The first-order valence-electron chi connectivity index (χ1n) is 3.10. The molecule has 0 bridgehead atoms. The van der Waals surface area contributed by atoms with Gasteiger partial charge in [0, 0.05) is 0 Å². The van der Waals surface area contributed by atoms with E-state index in [0.717, 1.165) is 6.07 Å². The van der Waals surface area contributed by atoms with Gasteiger partial charge < -0.3 is 5.11 Å². The molecule has 4 heteroatoms. The molecule has 0 amide bonds. The molecule has 0 aliphatic rings. The number of hydrogen-bond acceptors (Lipinski definition) is 1. The molecule has 0 saturated carbocycles. The summed E-state index contributed by atoms with van der Waals surface area (Å²) in [7, 11) is 1.65. The van der Waals surface area contributed by atoms with Crippen molar-refractivity contribution in [2.45, 2.75) is 0 Å². The van der Waals surface area contributed by atoms with Gasteiger partial charge >= 0.3 is 5.97 Å². The number of rotatable bonds is 1. The lowest BCUT2D eigenvalue weighted by Crippen LogP contribution is -2.08. The Hall–Kier alpha value is -1.32. The Balaban J connectivity index is 3.19. The maximum atomic E-state index is 12.5. The molecule has 0 aliphatic heterocycles. The highest BCUT2D eigenvalue weighted by Crippen LogP contribution is 2.00. The molecule has 0 radical (unpaired) electrons. The number of benzene rings is 1. The van der Waals surface area contributed by atoms with Gasteiger partial charge in [0.1, 0.15) is 13.7 Å². The van der Waals surface area contributed by atoms with E-state index in [1.54, 1.807) is 7.85 Å². The van der Waals surface area contributed by atoms with E-state index in [0.29, 0.717) is 5.46 Å². The molecule has 0 atom stereocenters. The number of hydrogen-bond donors (Lipinski definition) is 1. The monoisotopic (exact) mass is 152 g/mol. The number of carboxylic acid groups (broad SMARTS) is 1. The van der Waals surface area contributed by atoms with Crippen LogP contribution in [-0.2, 0) is 0 Å². The van der Waals surface area contributed by atoms with Gasteiger partial charge in [-0.1, -0.05) is 11.5 Å². The van der Waals surface area contributed by atoms with Crippen molar-refractivity contribution in [1.29, 1.82) is 0 Å². The molecule has 1 aromatic rings. The van der Waals surface area contributed by atoms with Crippen molar-refractivity contribution in [3.05, 3.63) is 29.6 Å². The lowest BCUT2D eigenvalue weighted by atomic mass is 9.94. The Morgan fingerprint density at radius 2 is 2.09 bits per heavy atom. The van der Waals surface area contributed by atoms with E-state index in [9.17, 15) is 9.18 Å². The first-order valence-corrected chi connectivity index (χ1v) is 3.10. The zero-order chi connectivity index (χ0) is 8.43. The fraction of sp³-hybridized carbons (Fsp3) is 0. The van der Waals surface area contributed by atoms with Crippen molar-refractivity contribution < 1.29 is 14.3 Å². The van der Waals surface area contributed by atoms with Crippen molar-refractivity contribution >= 4 is 19.3 Å². The minimum atomic E-state index is -1.10. The molecule has 0 aliphatic carbocycles. The van der Waals surface area contributed by atoms with E-state index in [-0.39, 0.29) is 5.56 Å². The highest BCUT2D eigenvalue weighted by molar-refractivity contribution is 6.32. The van der Waals surface area contributed by atoms with Crippen LogP contribution in [0.4, 0.5) is 4.39 Å². The summed E-state index contributed by atoms with van der Waals surface area (Å²) in [5, 5.41) is 8.47. The predicted octanol–water partition coefficient (Wildman–Crippen LogP) is -0.218. The topological polar surface area (TPSA) is 37.3 Å². The molecule has 0 fully saturated rings. The first kappa shape index (κ1) is 7.79. The van der Waals surface area contributed by atoms with Gasteiger partial charge in [-0.15, -0.1) is 0 Å². The highest BCUT2D eigenvalue weighted by Gasteiger charge is 2.03. The minimum absolute atomic E-state index is 0.0116. The summed E-state index contributed by atoms with van der Waals surface area (Å²) in [6, 6.07) is 3.70. The quantitative estimate of drug-likeness (QED) is 0.565. The molecule has 1 rings (SSSR count). The van der Waals surface area contributed by atoms with Gasteiger partial charge in [-0.2, -0.15) is 0 Å². The zero-order valence-corrected chi connectivity index (χ0v) is 5.97. The number of halogens is 1. The highest BCUT2D eigenvalue weighted by atomic mass is 19.1. The Morgan fingerprint density at radius 3 is 2.55 bits per heavy atom. The summed E-state index contributed by atoms with van der Waals surface area (Å²) in [4.78, 5) is 10.3. The molecule has 0 spiro atoms. The lowest BCUT2D eigenvalue weighted by molar-refractivity contribution is 0.0696. The van der Waals surface area contributed by atoms with Crippen LogP contribution >= 0.6 is 0 Å². The molecule has 1 aromatic carbocycles. The van der Waals surface area contributed by atoms with Crippen molar-refractivity contribution in [2.24, 2.45) is 0 Å². The van der Waals surface area contributed by atoms with Crippen LogP contribution in [0.15, 0.2) is 18.2 Å². The third-order valence-electron chi connectivity index (χ3n) is 1.29. The zero-order valence-electron chi connectivity index (χ0n) is 5.97. The average Bonchev–Trinajstić information content (AvgIpc) is 1.85. The molecule has 2 nitrogen and oxygen atoms in total. The number of aromatic carboxylic acids is 1. The molecular weight excluding hydrogens is 146 g/mol. The van der Waals surface area contributed by atoms with Crippen LogP contribution < -0.4 is 5.46 Å². The van der Waals surface area contributed by atoms with Crippen molar-refractivity contribution in [3.63, 3.8) is 0 Å². The van der Waals surface area contributed by atoms with Crippen LogP contribution in [0.5, 0.6) is 0 Å². The van der Waals surface area contributed by atoms with Crippen LogP contribution in [0.25, 0.3) is 0 Å². The summed E-state index contributed by atoms with van der Waals surface area (Å²) in [5.41, 5.74) is 0.602. The standard InChI is InChI=1S/C7H6BFO2/c8-5-1-4(7(10)11)2-6(9)3-5/h1-3H,8H2,(H,10,11). The van der Waals surface area contributed by atoms with E-state index < -0.39 is 11.8 Å². The molecule has 0 unspecified atom stereocenters. The third kappa shape index (κ3) is 1.80. The second kappa shape index (κ2) is 2.74. The maximum absolute atomic E-state index is 12.5. The third-order valence-corrected chi connectivity index (χ3v) is 1.29. The predicted molar refractivity (Wildman–Crippen MR) is 41.5 cm³/mol. The minimum Gasteiger partial charge on any atom is -0.478 e. The number of carboxylic acids is 1. The summed E-state index contributed by atoms with van der Waals surface area (Å²) >= 11 is 0. The van der Waals surface area contributed by atoms with Crippen molar-refractivity contribution in [3.8, 4) is 0 Å². The summed E-state index contributed by atoms with van der Waals surface area (Å²) in [6.45, 7) is 0. The second-order valence-electron chi connectivity index (χ2n) is 2.32. The average molecular weight is 152 g/mol. The fourth-order valence-electron chi connectivity index (χ4n) is 0.860. The Bertz CT molecular complexity index is 278. The van der Waals surface area contributed by atoms with Gasteiger partial charge in [0.15, 0.2) is 0 Å². The lowest BCUT2D eigenvalue weighted by Gasteiger charge is -1.96. The van der Waals surface area contributed by atoms with E-state index >= 15 is 0 Å². The Labute approximate surface area is 64.1 Å². The Morgan fingerprint density at radius 1 is 1.45 bits per heavy atom. The van der Waals surface area contributed by atoms with Gasteiger partial charge in [-0.3, -0.25) is 0 Å². The van der Waals surface area contributed by atoms with Crippen molar-refractivity contribution in [2.75, 3.05) is 0 Å². The Kier molecular flexibility index (Phi) is 1.94. The maximum Gasteiger partial charge on any atom is 0.335 e. The first-order chi connectivity index (χ1) is 5.09. The van der Waals surface area contributed by atoms with E-state index in [4.69, 9.17) is 5.11 Å². The molecule has 1 N–H and O–H groups in total. The normalized spacial score (nSPS) is 9.55. The van der Waals surface area contributed by atoms with Crippen LogP contribution in [0.1, 0.15) is 10.4 Å². The van der Waals surface area contributed by atoms with Crippen molar-refractivity contribution in [1.82, 2.24) is 0 Å². The SMILES string of the molecule is Bc1cc(F)cc(C(=O)O)c1. The van der Waals surface area contributed by atoms with Crippen LogP contribution in [0.2, 0.25) is 0 Å². The molecular formula is C7H6BFO2. The smallest absolute Gasteiger partial charge is 0.335 e. The number of carbonyl (C=O) groups is 1. The van der Waals surface area contributed by atoms with E-state index in [2.05, 4.69) is 0 Å². The summed E-state index contributed by atoms with van der Waals surface area (Å²) < 4.78 is 12.5. The van der Waals surface area contributed by atoms with Crippen LogP contribution in [0.3, 0.4) is 0 Å². The second-order valence-corrected chi connectivity index (χ2v) is 2.32. The fourth-order valence-corrected chi connectivity index (χ4v) is 0.860. The van der Waals surface area contributed by atoms with Crippen LogP contribution in [-0.4, -0.2) is 18.9 Å². The van der Waals surface area contributed by atoms with Crippen LogP contribution in [0, 0.1) is 5.82 Å². The van der Waals surface area contributed by atoms with Gasteiger partial charge in [-0.05, 0) is 12.1 Å². The summed E-state index contributed by atoms with van der Waals surface area (Å²) in [5.74, 6) is -1.62. The van der Waals surface area contributed by atoms with Gasteiger partial charge in [0.25, 0.3) is 0 Å².